The predicted molar refractivity (Wildman–Crippen MR) is 162 cm³/mol. The Balaban J connectivity index is 0.000000496. The highest BCUT2D eigenvalue weighted by Gasteiger charge is 2.23. The number of rotatable bonds is 12. The molecule has 216 valence electrons. The van der Waals surface area contributed by atoms with Crippen LogP contribution in [0.4, 0.5) is 0 Å². The molecule has 4 rings (SSSR count). The first kappa shape index (κ1) is 31.6. The number of hydrogen-bond donors (Lipinski definition) is 1. The van der Waals surface area contributed by atoms with Gasteiger partial charge in [0.1, 0.15) is 17.4 Å². The van der Waals surface area contributed by atoms with E-state index >= 15 is 0 Å². The summed E-state index contributed by atoms with van der Waals surface area (Å²) in [5.41, 5.74) is 11.0. The average molecular weight is 575 g/mol. The molecule has 1 aliphatic carbocycles. The molecule has 7 nitrogen and oxygen atoms in total. The molecule has 1 heterocycles. The molecule has 0 amide bonds. The van der Waals surface area contributed by atoms with Gasteiger partial charge < -0.3 is 15.2 Å². The molecular weight excluding hydrogens is 536 g/mol. The molecule has 8 heteroatoms. The van der Waals surface area contributed by atoms with Crippen molar-refractivity contribution in [2.45, 2.75) is 59.1 Å². The number of ketones is 1. The van der Waals surface area contributed by atoms with E-state index in [9.17, 15) is 14.4 Å². The second kappa shape index (κ2) is 16.4. The summed E-state index contributed by atoms with van der Waals surface area (Å²) in [5.74, 6) is 0.408. The highest BCUT2D eigenvalue weighted by atomic mass is 32.1. The number of nitrogens with zero attached hydrogens (tertiary/aromatic N) is 1. The maximum Gasteiger partial charge on any atom is 0.333 e. The molecule has 2 N–H and O–H groups in total. The first-order valence-corrected chi connectivity index (χ1v) is 14.7. The molecule has 1 aromatic heterocycles. The number of allylic oxidation sites excluding steroid dienone is 2. The van der Waals surface area contributed by atoms with Crippen LogP contribution in [0, 0.1) is 5.92 Å². The fraction of sp³-hybridized carbons (Fsp3) is 0.333. The highest BCUT2D eigenvalue weighted by molar-refractivity contribution is 7.09. The fourth-order valence-electron chi connectivity index (χ4n) is 4.05. The Morgan fingerprint density at radius 1 is 1.07 bits per heavy atom. The third kappa shape index (κ3) is 10.6. The van der Waals surface area contributed by atoms with Crippen LogP contribution in [0.15, 0.2) is 77.2 Å². The first-order chi connectivity index (χ1) is 19.8. The lowest BCUT2D eigenvalue weighted by atomic mass is 9.83. The molecule has 0 saturated heterocycles. The zero-order valence-corrected chi connectivity index (χ0v) is 24.7. The van der Waals surface area contributed by atoms with E-state index < -0.39 is 0 Å². The summed E-state index contributed by atoms with van der Waals surface area (Å²) in [5, 5.41) is 2.86. The minimum atomic E-state index is -0.303. The summed E-state index contributed by atoms with van der Waals surface area (Å²) in [6, 6.07) is 17.9. The summed E-state index contributed by atoms with van der Waals surface area (Å²) >= 11 is 1.54. The number of aromatic nitrogens is 1. The fourth-order valence-corrected chi connectivity index (χ4v) is 4.83. The van der Waals surface area contributed by atoms with Crippen LogP contribution in [0.1, 0.15) is 67.9 Å². The number of carbonyl (C=O) groups excluding carboxylic acids is 3. The van der Waals surface area contributed by atoms with Crippen molar-refractivity contribution < 1.29 is 23.9 Å². The van der Waals surface area contributed by atoms with Crippen LogP contribution < -0.4 is 10.5 Å². The zero-order chi connectivity index (χ0) is 29.6. The van der Waals surface area contributed by atoms with Crippen molar-refractivity contribution in [3.8, 4) is 5.75 Å². The second-order valence-corrected chi connectivity index (χ2v) is 10.8. The molecule has 0 unspecified atom stereocenters. The Bertz CT molecular complexity index is 1340. The van der Waals surface area contributed by atoms with Gasteiger partial charge in [-0.05, 0) is 81.0 Å². The van der Waals surface area contributed by atoms with E-state index in [0.717, 1.165) is 52.4 Å². The molecule has 1 saturated carbocycles. The Morgan fingerprint density at radius 2 is 1.78 bits per heavy atom. The van der Waals surface area contributed by atoms with Crippen LogP contribution in [-0.4, -0.2) is 29.6 Å². The molecule has 41 heavy (non-hydrogen) atoms. The number of nitrogens with two attached hydrogens (primary N) is 1. The maximum atomic E-state index is 11.8. The normalized spacial score (nSPS) is 14.2. The van der Waals surface area contributed by atoms with Gasteiger partial charge in [-0.2, -0.15) is 0 Å². The molecule has 3 aromatic rings. The summed E-state index contributed by atoms with van der Waals surface area (Å²) in [6.07, 6.45) is 7.84. The van der Waals surface area contributed by atoms with Crippen LogP contribution in [0.5, 0.6) is 5.75 Å². The molecule has 2 aromatic carbocycles. The minimum Gasteiger partial charge on any atom is -0.489 e. The van der Waals surface area contributed by atoms with Crippen molar-refractivity contribution in [1.29, 1.82) is 0 Å². The molecule has 0 radical (unpaired) electrons. The summed E-state index contributed by atoms with van der Waals surface area (Å²) < 4.78 is 10.9. The van der Waals surface area contributed by atoms with Crippen LogP contribution in [0.25, 0.3) is 6.08 Å². The topological polar surface area (TPSA) is 109 Å². The Hall–Kier alpha value is -3.88. The van der Waals surface area contributed by atoms with Gasteiger partial charge in [-0.25, -0.2) is 9.78 Å². The van der Waals surface area contributed by atoms with Gasteiger partial charge in [-0.15, -0.1) is 11.3 Å². The van der Waals surface area contributed by atoms with Gasteiger partial charge in [0.2, 0.25) is 0 Å². The molecule has 0 aliphatic heterocycles. The largest absolute Gasteiger partial charge is 0.489 e. The van der Waals surface area contributed by atoms with Crippen LogP contribution >= 0.6 is 11.3 Å². The first-order valence-electron chi connectivity index (χ1n) is 13.8. The molecule has 1 atom stereocenters. The smallest absolute Gasteiger partial charge is 0.333 e. The second-order valence-electron chi connectivity index (χ2n) is 9.92. The number of carbonyl (C=O) groups is 3. The summed E-state index contributed by atoms with van der Waals surface area (Å²) in [4.78, 5) is 36.6. The third-order valence-corrected chi connectivity index (χ3v) is 7.52. The quantitative estimate of drug-likeness (QED) is 0.0873. The van der Waals surface area contributed by atoms with Crippen molar-refractivity contribution in [3.05, 3.63) is 99.0 Å². The minimum absolute atomic E-state index is 0.0903. The van der Waals surface area contributed by atoms with Crippen molar-refractivity contribution in [3.63, 3.8) is 0 Å². The van der Waals surface area contributed by atoms with Gasteiger partial charge >= 0.3 is 5.97 Å². The van der Waals surface area contributed by atoms with E-state index in [2.05, 4.69) is 4.98 Å². The maximum absolute atomic E-state index is 11.8. The van der Waals surface area contributed by atoms with Crippen molar-refractivity contribution >= 4 is 35.5 Å². The number of hydrogen-bond acceptors (Lipinski definition) is 8. The molecule has 1 fully saturated rings. The number of esters is 1. The van der Waals surface area contributed by atoms with Crippen molar-refractivity contribution in [2.24, 2.45) is 11.7 Å². The SMILES string of the molecule is CCOC(=O)/C(C)=C\C(C)=C\c1csc([C@@H](N)Cc2ccc(OCc3ccccc3)cc2)n1.O=CC(=O)C1CCC1. The average Bonchev–Trinajstić information content (AvgIpc) is 3.41. The van der Waals surface area contributed by atoms with Crippen molar-refractivity contribution in [1.82, 2.24) is 4.98 Å². The summed E-state index contributed by atoms with van der Waals surface area (Å²) in [6.45, 7) is 6.38. The number of thiazole rings is 1. The van der Waals surface area contributed by atoms with E-state index in [1.54, 1.807) is 31.3 Å². The summed E-state index contributed by atoms with van der Waals surface area (Å²) in [7, 11) is 0. The predicted octanol–water partition coefficient (Wildman–Crippen LogP) is 6.43. The van der Waals surface area contributed by atoms with Gasteiger partial charge in [0.15, 0.2) is 12.1 Å². The van der Waals surface area contributed by atoms with Crippen LogP contribution in [0.3, 0.4) is 0 Å². The number of benzene rings is 2. The Labute approximate surface area is 246 Å². The van der Waals surface area contributed by atoms with Gasteiger partial charge in [-0.1, -0.05) is 48.9 Å². The third-order valence-electron chi connectivity index (χ3n) is 6.53. The number of Topliss-reactive ketones (excluding diaryl/α,β-unsaturated/α-hetero) is 1. The van der Waals surface area contributed by atoms with E-state index in [1.165, 1.54) is 0 Å². The lowest BCUT2D eigenvalue weighted by Crippen LogP contribution is -2.22. The number of aldehydes is 1. The molecule has 0 bridgehead atoms. The Kier molecular flexibility index (Phi) is 12.7. The van der Waals surface area contributed by atoms with Crippen molar-refractivity contribution in [2.75, 3.05) is 6.61 Å². The van der Waals surface area contributed by atoms with Gasteiger partial charge in [-0.3, -0.25) is 9.59 Å². The van der Waals surface area contributed by atoms with Crippen LogP contribution in [-0.2, 0) is 32.1 Å². The van der Waals surface area contributed by atoms with E-state index in [-0.39, 0.29) is 23.7 Å². The van der Waals surface area contributed by atoms with E-state index in [0.29, 0.717) is 31.5 Å². The lowest BCUT2D eigenvalue weighted by molar-refractivity contribution is -0.138. The monoisotopic (exact) mass is 574 g/mol. The standard InChI is InChI=1S/C27H30N2O3S.C6H8O2/c1-4-31-27(30)20(3)14-19(2)15-23-18-33-26(29-23)25(28)16-21-10-12-24(13-11-21)32-17-22-8-6-5-7-9-22;7-4-6(8)5-2-1-3-5/h5-15,18,25H,4,16-17,28H2,1-3H3;4-5H,1-3H2/b19-15+,20-14-;/t25-;/m0./s1. The Morgan fingerprint density at radius 3 is 2.37 bits per heavy atom. The zero-order valence-electron chi connectivity index (χ0n) is 23.9. The highest BCUT2D eigenvalue weighted by Crippen LogP contribution is 2.26. The van der Waals surface area contributed by atoms with Gasteiger partial charge in [0.05, 0.1) is 18.3 Å². The molecule has 1 aliphatic rings. The van der Waals surface area contributed by atoms with Gasteiger partial charge in [0, 0.05) is 16.9 Å². The van der Waals surface area contributed by atoms with Gasteiger partial charge in [0.25, 0.3) is 0 Å². The molecular formula is C33H38N2O5S. The van der Waals surface area contributed by atoms with Crippen LogP contribution in [0.2, 0.25) is 0 Å². The molecule has 0 spiro atoms. The van der Waals surface area contributed by atoms with E-state index in [4.69, 9.17) is 15.2 Å². The van der Waals surface area contributed by atoms with E-state index in [1.807, 2.05) is 73.0 Å². The lowest BCUT2D eigenvalue weighted by Gasteiger charge is -2.20. The number of ether oxygens (including phenoxy) is 2.